The lowest BCUT2D eigenvalue weighted by atomic mass is 10.1. The van der Waals surface area contributed by atoms with Gasteiger partial charge in [-0.2, -0.15) is 5.10 Å². The largest absolute Gasteiger partial charge is 0.353 e. The topological polar surface area (TPSA) is 83.1 Å². The van der Waals surface area contributed by atoms with E-state index < -0.39 is 0 Å². The molecule has 0 spiro atoms. The average molecular weight is 312 g/mol. The molecule has 6 nitrogen and oxygen atoms in total. The molecule has 0 aliphatic heterocycles. The summed E-state index contributed by atoms with van der Waals surface area (Å²) in [6.07, 6.45) is 6.81. The molecule has 0 saturated carbocycles. The maximum atomic E-state index is 4.47. The molecule has 4 aromatic heterocycles. The number of hydrogen-bond donors (Lipinski definition) is 2. The van der Waals surface area contributed by atoms with Crippen molar-refractivity contribution >= 4 is 21.8 Å². The zero-order valence-electron chi connectivity index (χ0n) is 12.6. The van der Waals surface area contributed by atoms with Crippen LogP contribution in [0.2, 0.25) is 0 Å². The number of nitrogens with one attached hydrogen (secondary N) is 2. The summed E-state index contributed by atoms with van der Waals surface area (Å²) in [6.45, 7) is 0. The summed E-state index contributed by atoms with van der Waals surface area (Å²) in [6, 6.07) is 12.3. The summed E-state index contributed by atoms with van der Waals surface area (Å²) in [5.41, 5.74) is 5.54. The van der Waals surface area contributed by atoms with Crippen LogP contribution < -0.4 is 0 Å². The van der Waals surface area contributed by atoms with E-state index in [2.05, 4.69) is 48.3 Å². The van der Waals surface area contributed by atoms with Gasteiger partial charge in [-0.25, -0.2) is 9.97 Å². The fourth-order valence-corrected chi connectivity index (χ4v) is 2.91. The van der Waals surface area contributed by atoms with Gasteiger partial charge in [-0.15, -0.1) is 0 Å². The molecule has 0 aliphatic carbocycles. The highest BCUT2D eigenvalue weighted by atomic mass is 15.1. The number of hydrogen-bond acceptors (Lipinski definition) is 4. The van der Waals surface area contributed by atoms with Crippen LogP contribution in [0.3, 0.4) is 0 Å². The summed E-state index contributed by atoms with van der Waals surface area (Å²) in [4.78, 5) is 16.0. The Morgan fingerprint density at radius 3 is 2.62 bits per heavy atom. The maximum absolute atomic E-state index is 4.47. The molecule has 24 heavy (non-hydrogen) atoms. The number of rotatable bonds is 2. The molecule has 0 amide bonds. The molecule has 6 heteroatoms. The van der Waals surface area contributed by atoms with Crippen molar-refractivity contribution in [2.24, 2.45) is 0 Å². The minimum Gasteiger partial charge on any atom is -0.353 e. The molecule has 0 unspecified atom stereocenters. The van der Waals surface area contributed by atoms with Crippen LogP contribution in [0.5, 0.6) is 0 Å². The van der Waals surface area contributed by atoms with E-state index in [1.807, 2.05) is 18.2 Å². The zero-order chi connectivity index (χ0) is 15.9. The number of aromatic nitrogens is 6. The highest BCUT2D eigenvalue weighted by molar-refractivity contribution is 5.96. The lowest BCUT2D eigenvalue weighted by Gasteiger charge is -2.00. The Bertz CT molecular complexity index is 1120. The van der Waals surface area contributed by atoms with Crippen LogP contribution in [0.4, 0.5) is 0 Å². The first kappa shape index (κ1) is 13.0. The van der Waals surface area contributed by atoms with Crippen molar-refractivity contribution < 1.29 is 0 Å². The molecule has 0 saturated heterocycles. The van der Waals surface area contributed by atoms with Crippen molar-refractivity contribution in [3.63, 3.8) is 0 Å². The fourth-order valence-electron chi connectivity index (χ4n) is 2.91. The van der Waals surface area contributed by atoms with E-state index in [0.29, 0.717) is 0 Å². The minimum atomic E-state index is 0.821. The first-order valence-corrected chi connectivity index (χ1v) is 7.56. The van der Waals surface area contributed by atoms with Crippen LogP contribution in [-0.4, -0.2) is 30.1 Å². The Labute approximate surface area is 136 Å². The second kappa shape index (κ2) is 4.99. The first-order valence-electron chi connectivity index (χ1n) is 7.56. The van der Waals surface area contributed by atoms with Crippen LogP contribution in [0.25, 0.3) is 44.5 Å². The van der Waals surface area contributed by atoms with Crippen molar-refractivity contribution in [1.29, 1.82) is 0 Å². The molecule has 0 fully saturated rings. The van der Waals surface area contributed by atoms with Gasteiger partial charge in [0.05, 0.1) is 23.1 Å². The van der Waals surface area contributed by atoms with E-state index in [0.717, 1.165) is 44.5 Å². The molecule has 114 valence electrons. The van der Waals surface area contributed by atoms with E-state index in [4.69, 9.17) is 0 Å². The molecule has 0 aliphatic rings. The van der Waals surface area contributed by atoms with E-state index in [1.165, 1.54) is 6.33 Å². The van der Waals surface area contributed by atoms with Crippen molar-refractivity contribution in [3.8, 4) is 22.6 Å². The average Bonchev–Trinajstić information content (AvgIpc) is 3.25. The Morgan fingerprint density at radius 1 is 0.875 bits per heavy atom. The van der Waals surface area contributed by atoms with Gasteiger partial charge < -0.3 is 4.98 Å². The fraction of sp³-hybridized carbons (Fsp3) is 0. The van der Waals surface area contributed by atoms with Crippen LogP contribution in [0.1, 0.15) is 0 Å². The molecule has 0 atom stereocenters. The van der Waals surface area contributed by atoms with Crippen molar-refractivity contribution in [2.45, 2.75) is 0 Å². The Kier molecular flexibility index (Phi) is 2.69. The zero-order valence-corrected chi connectivity index (χ0v) is 12.6. The van der Waals surface area contributed by atoms with Crippen LogP contribution in [-0.2, 0) is 0 Å². The molecule has 4 heterocycles. The molecule has 1 aromatic carbocycles. The Morgan fingerprint density at radius 2 is 1.75 bits per heavy atom. The van der Waals surface area contributed by atoms with Gasteiger partial charge >= 0.3 is 0 Å². The number of para-hydroxylation sites is 1. The van der Waals surface area contributed by atoms with Crippen molar-refractivity contribution in [2.75, 3.05) is 0 Å². The van der Waals surface area contributed by atoms with Crippen LogP contribution >= 0.6 is 0 Å². The Balaban J connectivity index is 1.71. The Hall–Kier alpha value is -3.54. The number of pyridine rings is 1. The van der Waals surface area contributed by atoms with Gasteiger partial charge in [0.1, 0.15) is 12.0 Å². The highest BCUT2D eigenvalue weighted by Gasteiger charge is 2.12. The molecular formula is C18H12N6. The highest BCUT2D eigenvalue weighted by Crippen LogP contribution is 2.30. The predicted molar refractivity (Wildman–Crippen MR) is 92.2 cm³/mol. The number of fused-ring (bicyclic) bond motifs is 2. The van der Waals surface area contributed by atoms with Crippen LogP contribution in [0.15, 0.2) is 61.3 Å². The number of H-pyrrole nitrogens is 2. The number of aromatic amines is 2. The van der Waals surface area contributed by atoms with Crippen LogP contribution in [0, 0.1) is 0 Å². The van der Waals surface area contributed by atoms with Crippen molar-refractivity contribution in [1.82, 2.24) is 30.1 Å². The summed E-state index contributed by atoms with van der Waals surface area (Å²) >= 11 is 0. The monoisotopic (exact) mass is 312 g/mol. The lowest BCUT2D eigenvalue weighted by molar-refractivity contribution is 1.11. The summed E-state index contributed by atoms with van der Waals surface area (Å²) < 4.78 is 0. The SMILES string of the molecule is c1ccc2[nH]c(-c3n[nH]c4cnc(-c5cncnc5)cc34)cc2c1. The molecular weight excluding hydrogens is 300 g/mol. The summed E-state index contributed by atoms with van der Waals surface area (Å²) in [5.74, 6) is 0. The van der Waals surface area contributed by atoms with Gasteiger partial charge in [0.2, 0.25) is 0 Å². The lowest BCUT2D eigenvalue weighted by Crippen LogP contribution is -1.86. The quantitative estimate of drug-likeness (QED) is 0.522. The van der Waals surface area contributed by atoms with E-state index in [1.54, 1.807) is 18.6 Å². The van der Waals surface area contributed by atoms with Gasteiger partial charge in [0.15, 0.2) is 0 Å². The minimum absolute atomic E-state index is 0.821. The second-order valence-electron chi connectivity index (χ2n) is 5.58. The van der Waals surface area contributed by atoms with Crippen molar-refractivity contribution in [3.05, 3.63) is 61.3 Å². The predicted octanol–water partition coefficient (Wildman–Crippen LogP) is 3.56. The summed E-state index contributed by atoms with van der Waals surface area (Å²) in [7, 11) is 0. The van der Waals surface area contributed by atoms with Gasteiger partial charge in [-0.05, 0) is 18.2 Å². The van der Waals surface area contributed by atoms with Gasteiger partial charge in [-0.3, -0.25) is 10.1 Å². The molecule has 5 aromatic rings. The normalized spacial score (nSPS) is 11.3. The maximum Gasteiger partial charge on any atom is 0.116 e. The molecule has 5 rings (SSSR count). The first-order chi connectivity index (χ1) is 11.9. The number of nitrogens with zero attached hydrogens (tertiary/aromatic N) is 4. The van der Waals surface area contributed by atoms with Gasteiger partial charge in [-0.1, -0.05) is 18.2 Å². The third kappa shape index (κ3) is 1.97. The third-order valence-corrected chi connectivity index (χ3v) is 4.09. The van der Waals surface area contributed by atoms with Gasteiger partial charge in [0, 0.05) is 34.2 Å². The van der Waals surface area contributed by atoms with E-state index in [-0.39, 0.29) is 0 Å². The third-order valence-electron chi connectivity index (χ3n) is 4.09. The second-order valence-corrected chi connectivity index (χ2v) is 5.58. The standard InChI is InChI=1S/C18H12N6/c1-2-4-14-11(3-1)5-16(22-14)18-13-6-15(12-7-19-10-20-8-12)21-9-17(13)23-24-18/h1-10,22H,(H,23,24). The van der Waals surface area contributed by atoms with E-state index in [9.17, 15) is 0 Å². The molecule has 2 N–H and O–H groups in total. The summed E-state index contributed by atoms with van der Waals surface area (Å²) in [5, 5.41) is 9.69. The smallest absolute Gasteiger partial charge is 0.116 e. The molecule has 0 radical (unpaired) electrons. The van der Waals surface area contributed by atoms with Gasteiger partial charge in [0.25, 0.3) is 0 Å². The van der Waals surface area contributed by atoms with E-state index >= 15 is 0 Å². The number of benzene rings is 1. The molecule has 0 bridgehead atoms.